The molecular weight excluding hydrogens is 300 g/mol. The van der Waals surface area contributed by atoms with Crippen molar-refractivity contribution in [3.63, 3.8) is 0 Å². The fourth-order valence-corrected chi connectivity index (χ4v) is 2.42. The van der Waals surface area contributed by atoms with Crippen molar-refractivity contribution in [2.24, 2.45) is 0 Å². The number of halogens is 1. The van der Waals surface area contributed by atoms with Gasteiger partial charge >= 0.3 is 0 Å². The monoisotopic (exact) mass is 318 g/mol. The van der Waals surface area contributed by atoms with Gasteiger partial charge in [0.15, 0.2) is 0 Å². The summed E-state index contributed by atoms with van der Waals surface area (Å²) in [6.07, 6.45) is 0. The van der Waals surface area contributed by atoms with E-state index in [9.17, 15) is 13.2 Å². The first-order valence-corrected chi connectivity index (χ1v) is 8.35. The van der Waals surface area contributed by atoms with Crippen molar-refractivity contribution >= 4 is 27.5 Å². The second-order valence-corrected chi connectivity index (χ2v) is 6.83. The Hall–Kier alpha value is -1.11. The van der Waals surface area contributed by atoms with Gasteiger partial charge in [0, 0.05) is 31.6 Å². The Balaban J connectivity index is 2.63. The van der Waals surface area contributed by atoms with Crippen LogP contribution in [0.4, 0.5) is 0 Å². The Morgan fingerprint density at radius 3 is 2.55 bits per heavy atom. The Morgan fingerprint density at radius 2 is 2.00 bits per heavy atom. The fourth-order valence-electron chi connectivity index (χ4n) is 1.62. The third-order valence-corrected chi connectivity index (χ3v) is 4.62. The van der Waals surface area contributed by atoms with Crippen LogP contribution in [0.25, 0.3) is 0 Å². The highest BCUT2D eigenvalue weighted by atomic mass is 35.5. The molecule has 0 saturated heterocycles. The number of nitrogens with one attached hydrogen (secondary N) is 1. The van der Waals surface area contributed by atoms with Gasteiger partial charge in [0.25, 0.3) is 0 Å². The molecule has 0 aliphatic carbocycles. The zero-order valence-corrected chi connectivity index (χ0v) is 13.2. The molecule has 1 aromatic rings. The van der Waals surface area contributed by atoms with Gasteiger partial charge in [0.2, 0.25) is 15.9 Å². The summed E-state index contributed by atoms with van der Waals surface area (Å²) in [5.74, 6) is -0.0990. The minimum absolute atomic E-state index is 0.0254. The van der Waals surface area contributed by atoms with Gasteiger partial charge in [-0.15, -0.1) is 0 Å². The molecule has 112 valence electrons. The van der Waals surface area contributed by atoms with E-state index in [1.807, 2.05) is 18.2 Å². The van der Waals surface area contributed by atoms with E-state index in [0.717, 1.165) is 5.56 Å². The van der Waals surface area contributed by atoms with Crippen molar-refractivity contribution in [2.75, 3.05) is 18.8 Å². The summed E-state index contributed by atoms with van der Waals surface area (Å²) in [6, 6.07) is 7.27. The minimum Gasteiger partial charge on any atom is -0.337 e. The maximum atomic E-state index is 11.6. The number of rotatable bonds is 7. The molecule has 1 N–H and O–H groups in total. The van der Waals surface area contributed by atoms with Crippen LogP contribution in [0.2, 0.25) is 5.02 Å². The molecule has 7 heteroatoms. The number of hydrogen-bond acceptors (Lipinski definition) is 3. The second kappa shape index (κ2) is 7.61. The molecule has 0 bridgehead atoms. The zero-order valence-electron chi connectivity index (χ0n) is 11.6. The molecular formula is C13H19ClN2O3S. The molecule has 0 fully saturated rings. The van der Waals surface area contributed by atoms with Crippen LogP contribution >= 0.6 is 11.6 Å². The van der Waals surface area contributed by atoms with Gasteiger partial charge in [-0.05, 0) is 18.6 Å². The molecule has 0 aliphatic heterocycles. The highest BCUT2D eigenvalue weighted by molar-refractivity contribution is 7.89. The molecule has 0 aliphatic rings. The fraction of sp³-hybridized carbons (Fsp3) is 0.462. The highest BCUT2D eigenvalue weighted by Crippen LogP contribution is 2.16. The predicted molar refractivity (Wildman–Crippen MR) is 80.0 cm³/mol. The first-order valence-electron chi connectivity index (χ1n) is 6.32. The normalized spacial score (nSPS) is 11.3. The van der Waals surface area contributed by atoms with Crippen LogP contribution in [-0.4, -0.2) is 38.1 Å². The van der Waals surface area contributed by atoms with Gasteiger partial charge in [-0.3, -0.25) is 4.79 Å². The van der Waals surface area contributed by atoms with Crippen LogP contribution in [-0.2, 0) is 21.4 Å². The van der Waals surface area contributed by atoms with Gasteiger partial charge < -0.3 is 4.90 Å². The first-order chi connectivity index (χ1) is 9.35. The average Bonchev–Trinajstić information content (AvgIpc) is 2.39. The lowest BCUT2D eigenvalue weighted by atomic mass is 10.2. The average molecular weight is 319 g/mol. The number of benzene rings is 1. The van der Waals surface area contributed by atoms with Crippen LogP contribution in [0.15, 0.2) is 24.3 Å². The third-order valence-electron chi connectivity index (χ3n) is 2.85. The van der Waals surface area contributed by atoms with Crippen molar-refractivity contribution < 1.29 is 13.2 Å². The molecule has 0 radical (unpaired) electrons. The molecule has 0 aromatic heterocycles. The Morgan fingerprint density at radius 1 is 1.35 bits per heavy atom. The van der Waals surface area contributed by atoms with Gasteiger partial charge in [-0.25, -0.2) is 13.1 Å². The molecule has 0 atom stereocenters. The Bertz CT molecular complexity index is 560. The summed E-state index contributed by atoms with van der Waals surface area (Å²) in [6.45, 7) is 3.88. The van der Waals surface area contributed by atoms with Crippen LogP contribution < -0.4 is 4.72 Å². The van der Waals surface area contributed by atoms with Gasteiger partial charge in [0.1, 0.15) is 0 Å². The molecule has 1 amide bonds. The van der Waals surface area contributed by atoms with E-state index in [1.165, 1.54) is 6.92 Å². The van der Waals surface area contributed by atoms with Crippen molar-refractivity contribution in [3.05, 3.63) is 34.9 Å². The molecule has 0 saturated carbocycles. The van der Waals surface area contributed by atoms with E-state index >= 15 is 0 Å². The van der Waals surface area contributed by atoms with Crippen LogP contribution in [0.3, 0.4) is 0 Å². The first kappa shape index (κ1) is 16.9. The summed E-state index contributed by atoms with van der Waals surface area (Å²) in [5.41, 5.74) is 0.836. The molecule has 20 heavy (non-hydrogen) atoms. The van der Waals surface area contributed by atoms with E-state index in [0.29, 0.717) is 18.1 Å². The Labute approximate surface area is 125 Å². The van der Waals surface area contributed by atoms with Crippen molar-refractivity contribution in [1.82, 2.24) is 9.62 Å². The molecule has 1 aromatic carbocycles. The largest absolute Gasteiger partial charge is 0.337 e. The highest BCUT2D eigenvalue weighted by Gasteiger charge is 2.12. The lowest BCUT2D eigenvalue weighted by molar-refractivity contribution is -0.129. The number of carbonyl (C=O) groups is 1. The molecule has 0 unspecified atom stereocenters. The third kappa shape index (κ3) is 5.48. The summed E-state index contributed by atoms with van der Waals surface area (Å²) in [5, 5.41) is 0.591. The van der Waals surface area contributed by atoms with Crippen molar-refractivity contribution in [1.29, 1.82) is 0 Å². The second-order valence-electron chi connectivity index (χ2n) is 4.33. The van der Waals surface area contributed by atoms with E-state index in [2.05, 4.69) is 4.72 Å². The predicted octanol–water partition coefficient (Wildman–Crippen LogP) is 1.63. The van der Waals surface area contributed by atoms with E-state index < -0.39 is 10.0 Å². The van der Waals surface area contributed by atoms with Gasteiger partial charge in [-0.1, -0.05) is 29.8 Å². The molecule has 0 heterocycles. The smallest absolute Gasteiger partial charge is 0.219 e. The van der Waals surface area contributed by atoms with E-state index in [4.69, 9.17) is 11.6 Å². The zero-order chi connectivity index (χ0) is 15.2. The van der Waals surface area contributed by atoms with Crippen LogP contribution in [0.5, 0.6) is 0 Å². The van der Waals surface area contributed by atoms with E-state index in [1.54, 1.807) is 17.9 Å². The topological polar surface area (TPSA) is 66.5 Å². The summed E-state index contributed by atoms with van der Waals surface area (Å²) in [4.78, 5) is 13.1. The Kier molecular flexibility index (Phi) is 6.45. The number of hydrogen-bond donors (Lipinski definition) is 1. The molecule has 1 rings (SSSR count). The standard InChI is InChI=1S/C13H19ClN2O3S/c1-3-20(18,19)15-8-9-16(11(2)17)10-12-6-4-5-7-13(12)14/h4-7,15H,3,8-10H2,1-2H3. The summed E-state index contributed by atoms with van der Waals surface area (Å²) < 4.78 is 25.1. The minimum atomic E-state index is -3.24. The van der Waals surface area contributed by atoms with Gasteiger partial charge in [-0.2, -0.15) is 0 Å². The van der Waals surface area contributed by atoms with Gasteiger partial charge in [0.05, 0.1) is 5.75 Å². The lowest BCUT2D eigenvalue weighted by Crippen LogP contribution is -2.37. The molecule has 5 nitrogen and oxygen atoms in total. The summed E-state index contributed by atoms with van der Waals surface area (Å²) >= 11 is 6.05. The van der Waals surface area contributed by atoms with E-state index in [-0.39, 0.29) is 18.2 Å². The maximum absolute atomic E-state index is 11.6. The van der Waals surface area contributed by atoms with Crippen molar-refractivity contribution in [2.45, 2.75) is 20.4 Å². The van der Waals surface area contributed by atoms with Crippen molar-refractivity contribution in [3.8, 4) is 0 Å². The maximum Gasteiger partial charge on any atom is 0.219 e. The quantitative estimate of drug-likeness (QED) is 0.831. The number of sulfonamides is 1. The number of amides is 1. The summed E-state index contributed by atoms with van der Waals surface area (Å²) in [7, 11) is -3.24. The lowest BCUT2D eigenvalue weighted by Gasteiger charge is -2.21. The SMILES string of the molecule is CCS(=O)(=O)NCCN(Cc1ccccc1Cl)C(C)=O. The molecule has 0 spiro atoms. The number of nitrogens with zero attached hydrogens (tertiary/aromatic N) is 1. The number of carbonyl (C=O) groups excluding carboxylic acids is 1. The van der Waals surface area contributed by atoms with Crippen LogP contribution in [0.1, 0.15) is 19.4 Å². The van der Waals surface area contributed by atoms with Crippen LogP contribution in [0, 0.1) is 0 Å².